The number of aromatic nitrogens is 1. The third-order valence-corrected chi connectivity index (χ3v) is 7.88. The molecule has 0 radical (unpaired) electrons. The summed E-state index contributed by atoms with van der Waals surface area (Å²) < 4.78 is 28.9. The second-order valence-corrected chi connectivity index (χ2v) is 10.0. The third-order valence-electron chi connectivity index (χ3n) is 5.79. The Morgan fingerprint density at radius 1 is 1.00 bits per heavy atom. The molecule has 0 aliphatic carbocycles. The Morgan fingerprint density at radius 3 is 2.53 bits per heavy atom. The van der Waals surface area contributed by atoms with E-state index in [2.05, 4.69) is 11.1 Å². The summed E-state index contributed by atoms with van der Waals surface area (Å²) in [6.07, 6.45) is 0.654. The summed E-state index contributed by atoms with van der Waals surface area (Å²) in [5.41, 5.74) is 5.24. The fourth-order valence-corrected chi connectivity index (χ4v) is 6.21. The largest absolute Gasteiger partial charge is 0.357 e. The molecule has 1 atom stereocenters. The zero-order valence-corrected chi connectivity index (χ0v) is 18.0. The van der Waals surface area contributed by atoms with Gasteiger partial charge >= 0.3 is 0 Å². The summed E-state index contributed by atoms with van der Waals surface area (Å²) in [6.45, 7) is 2.43. The standard InChI is InChI=1S/C24H21ClN2O2S/c1-16-9-11-17(12-10-16)24-23-21(20-7-2-3-8-22(20)26-23)13-14-27(24)30(28,29)19-6-4-5-18(25)15-19/h2-12,15,24,26H,13-14H2,1H3/t24-/m0/s1. The second-order valence-electron chi connectivity index (χ2n) is 7.70. The molecule has 30 heavy (non-hydrogen) atoms. The monoisotopic (exact) mass is 436 g/mol. The maximum atomic E-state index is 13.7. The summed E-state index contributed by atoms with van der Waals surface area (Å²) in [6, 6.07) is 22.3. The lowest BCUT2D eigenvalue weighted by Gasteiger charge is -2.35. The molecular weight excluding hydrogens is 416 g/mol. The van der Waals surface area contributed by atoms with Crippen LogP contribution in [0.25, 0.3) is 10.9 Å². The quantitative estimate of drug-likeness (QED) is 0.463. The average molecular weight is 437 g/mol. The molecule has 1 aliphatic rings. The molecule has 0 amide bonds. The molecule has 1 aromatic heterocycles. The number of rotatable bonds is 3. The number of aryl methyl sites for hydroxylation is 1. The minimum absolute atomic E-state index is 0.215. The van der Waals surface area contributed by atoms with Crippen LogP contribution in [-0.2, 0) is 16.4 Å². The van der Waals surface area contributed by atoms with E-state index in [4.69, 9.17) is 11.6 Å². The number of hydrogen-bond donors (Lipinski definition) is 1. The number of fused-ring (bicyclic) bond motifs is 3. The van der Waals surface area contributed by atoms with Gasteiger partial charge in [-0.2, -0.15) is 4.31 Å². The maximum absolute atomic E-state index is 13.7. The molecule has 1 aliphatic heterocycles. The fraction of sp³-hybridized carbons (Fsp3) is 0.167. The highest BCUT2D eigenvalue weighted by Crippen LogP contribution is 2.41. The van der Waals surface area contributed by atoms with E-state index >= 15 is 0 Å². The van der Waals surface area contributed by atoms with Crippen LogP contribution in [0.15, 0.2) is 77.7 Å². The van der Waals surface area contributed by atoms with Crippen LogP contribution in [0.4, 0.5) is 0 Å². The zero-order chi connectivity index (χ0) is 20.9. The van der Waals surface area contributed by atoms with Crippen LogP contribution in [0, 0.1) is 6.92 Å². The van der Waals surface area contributed by atoms with Crippen LogP contribution in [0.2, 0.25) is 5.02 Å². The van der Waals surface area contributed by atoms with E-state index in [0.29, 0.717) is 18.0 Å². The smallest absolute Gasteiger partial charge is 0.244 e. The van der Waals surface area contributed by atoms with Crippen molar-refractivity contribution in [2.45, 2.75) is 24.3 Å². The average Bonchev–Trinajstić information content (AvgIpc) is 3.12. The van der Waals surface area contributed by atoms with E-state index in [1.165, 1.54) is 11.6 Å². The van der Waals surface area contributed by atoms with Gasteiger partial charge in [0.25, 0.3) is 0 Å². The molecule has 0 unspecified atom stereocenters. The SMILES string of the molecule is Cc1ccc([C@H]2c3[nH]c4ccccc4c3CCN2S(=O)(=O)c2cccc(Cl)c2)cc1. The van der Waals surface area contributed by atoms with Gasteiger partial charge in [0.2, 0.25) is 10.0 Å². The number of H-pyrrole nitrogens is 1. The molecule has 4 aromatic rings. The van der Waals surface area contributed by atoms with Crippen LogP contribution in [0.1, 0.15) is 28.4 Å². The number of halogens is 1. The Balaban J connectivity index is 1.72. The number of nitrogens with zero attached hydrogens (tertiary/aromatic N) is 1. The lowest BCUT2D eigenvalue weighted by atomic mass is 9.94. The van der Waals surface area contributed by atoms with Crippen molar-refractivity contribution in [1.82, 2.24) is 9.29 Å². The topological polar surface area (TPSA) is 53.2 Å². The van der Waals surface area contributed by atoms with E-state index in [1.807, 2.05) is 49.4 Å². The molecule has 1 N–H and O–H groups in total. The highest BCUT2D eigenvalue weighted by molar-refractivity contribution is 7.89. The van der Waals surface area contributed by atoms with Gasteiger partial charge in [-0.3, -0.25) is 0 Å². The van der Waals surface area contributed by atoms with Crippen LogP contribution < -0.4 is 0 Å². The van der Waals surface area contributed by atoms with E-state index in [9.17, 15) is 8.42 Å². The summed E-state index contributed by atoms with van der Waals surface area (Å²) in [5.74, 6) is 0. The van der Waals surface area contributed by atoms with Crippen molar-refractivity contribution in [3.8, 4) is 0 Å². The number of nitrogens with one attached hydrogen (secondary N) is 1. The molecule has 0 bridgehead atoms. The predicted octanol–water partition coefficient (Wildman–Crippen LogP) is 5.47. The molecule has 0 saturated heterocycles. The first-order chi connectivity index (χ1) is 14.4. The van der Waals surface area contributed by atoms with Gasteiger partial charge < -0.3 is 4.98 Å². The number of benzene rings is 3. The van der Waals surface area contributed by atoms with Crippen molar-refractivity contribution in [2.24, 2.45) is 0 Å². The van der Waals surface area contributed by atoms with Gasteiger partial charge in [-0.05, 0) is 48.7 Å². The highest BCUT2D eigenvalue weighted by atomic mass is 35.5. The molecule has 2 heterocycles. The molecule has 0 saturated carbocycles. The molecule has 5 rings (SSSR count). The normalized spacial score (nSPS) is 17.2. The lowest BCUT2D eigenvalue weighted by molar-refractivity contribution is 0.340. The van der Waals surface area contributed by atoms with Gasteiger partial charge in [-0.15, -0.1) is 0 Å². The van der Waals surface area contributed by atoms with Gasteiger partial charge in [0.05, 0.1) is 10.9 Å². The van der Waals surface area contributed by atoms with Gasteiger partial charge in [0.1, 0.15) is 0 Å². The van der Waals surface area contributed by atoms with Crippen molar-refractivity contribution in [1.29, 1.82) is 0 Å². The van der Waals surface area contributed by atoms with E-state index in [1.54, 1.807) is 22.5 Å². The van der Waals surface area contributed by atoms with Gasteiger partial charge in [0.15, 0.2) is 0 Å². The summed E-state index contributed by atoms with van der Waals surface area (Å²) in [5, 5.41) is 1.57. The van der Waals surface area contributed by atoms with E-state index < -0.39 is 16.1 Å². The number of para-hydroxylation sites is 1. The van der Waals surface area contributed by atoms with Crippen LogP contribution in [0.3, 0.4) is 0 Å². The Bertz CT molecular complexity index is 1340. The molecule has 6 heteroatoms. The molecular formula is C24H21ClN2O2S. The minimum atomic E-state index is -3.74. The number of sulfonamides is 1. The maximum Gasteiger partial charge on any atom is 0.244 e. The third kappa shape index (κ3) is 3.14. The Hall–Kier alpha value is -2.60. The first-order valence-corrected chi connectivity index (χ1v) is 11.7. The Kier molecular flexibility index (Phi) is 4.69. The van der Waals surface area contributed by atoms with E-state index in [-0.39, 0.29) is 4.90 Å². The predicted molar refractivity (Wildman–Crippen MR) is 120 cm³/mol. The van der Waals surface area contributed by atoms with Crippen LogP contribution in [0.5, 0.6) is 0 Å². The molecule has 0 spiro atoms. The Labute approximate surface area is 181 Å². The van der Waals surface area contributed by atoms with Crippen molar-refractivity contribution >= 4 is 32.5 Å². The second kappa shape index (κ2) is 7.27. The van der Waals surface area contributed by atoms with Gasteiger partial charge in [-0.25, -0.2) is 8.42 Å². The first kappa shape index (κ1) is 19.4. The molecule has 3 aromatic carbocycles. The fourth-order valence-electron chi connectivity index (χ4n) is 4.32. The number of aromatic amines is 1. The van der Waals surface area contributed by atoms with E-state index in [0.717, 1.165) is 27.7 Å². The summed E-state index contributed by atoms with van der Waals surface area (Å²) >= 11 is 6.11. The minimum Gasteiger partial charge on any atom is -0.357 e. The Morgan fingerprint density at radius 2 is 1.77 bits per heavy atom. The van der Waals surface area contributed by atoms with Crippen LogP contribution >= 0.6 is 11.6 Å². The van der Waals surface area contributed by atoms with Crippen LogP contribution in [-0.4, -0.2) is 24.3 Å². The van der Waals surface area contributed by atoms with Crippen molar-refractivity contribution < 1.29 is 8.42 Å². The summed E-state index contributed by atoms with van der Waals surface area (Å²) in [7, 11) is -3.74. The molecule has 0 fully saturated rings. The lowest BCUT2D eigenvalue weighted by Crippen LogP contribution is -2.40. The summed E-state index contributed by atoms with van der Waals surface area (Å²) in [4.78, 5) is 3.73. The molecule has 4 nitrogen and oxygen atoms in total. The number of hydrogen-bond acceptors (Lipinski definition) is 2. The zero-order valence-electron chi connectivity index (χ0n) is 16.5. The van der Waals surface area contributed by atoms with Gasteiger partial charge in [0, 0.05) is 28.2 Å². The highest BCUT2D eigenvalue weighted by Gasteiger charge is 2.39. The van der Waals surface area contributed by atoms with Crippen molar-refractivity contribution in [2.75, 3.05) is 6.54 Å². The molecule has 152 valence electrons. The van der Waals surface area contributed by atoms with Gasteiger partial charge in [-0.1, -0.05) is 65.7 Å². The first-order valence-electron chi connectivity index (χ1n) is 9.88. The van der Waals surface area contributed by atoms with Crippen molar-refractivity contribution in [3.63, 3.8) is 0 Å². The van der Waals surface area contributed by atoms with Crippen molar-refractivity contribution in [3.05, 3.63) is 100 Å².